The molecule has 2 atom stereocenters. The van der Waals surface area contributed by atoms with Gasteiger partial charge in [0, 0.05) is 11.6 Å². The molecule has 0 fully saturated rings. The van der Waals surface area contributed by atoms with Crippen LogP contribution in [0.25, 0.3) is 0 Å². The summed E-state index contributed by atoms with van der Waals surface area (Å²) in [4.78, 5) is 2.51. The molecule has 2 heteroatoms. The Labute approximate surface area is 96.2 Å². The number of unbranched alkanes of at least 4 members (excludes halogenated alkanes) is 1. The van der Waals surface area contributed by atoms with E-state index >= 15 is 0 Å². The Morgan fingerprint density at radius 2 is 1.67 bits per heavy atom. The third kappa shape index (κ3) is 3.76. The van der Waals surface area contributed by atoms with Gasteiger partial charge in [0.1, 0.15) is 0 Å². The van der Waals surface area contributed by atoms with Crippen LogP contribution in [0.2, 0.25) is 0 Å². The summed E-state index contributed by atoms with van der Waals surface area (Å²) in [6.45, 7) is 13.5. The Kier molecular flexibility index (Phi) is 7.20. The lowest BCUT2D eigenvalue weighted by Crippen LogP contribution is -2.57. The zero-order valence-corrected chi connectivity index (χ0v) is 11.3. The first-order valence-corrected chi connectivity index (χ1v) is 6.57. The third-order valence-corrected chi connectivity index (χ3v) is 3.87. The van der Waals surface area contributed by atoms with Crippen molar-refractivity contribution in [2.75, 3.05) is 13.1 Å². The molecular formula is C13H30N2. The molecular weight excluding hydrogens is 184 g/mol. The van der Waals surface area contributed by atoms with Gasteiger partial charge in [-0.2, -0.15) is 0 Å². The predicted molar refractivity (Wildman–Crippen MR) is 69.1 cm³/mol. The van der Waals surface area contributed by atoms with Gasteiger partial charge in [0.2, 0.25) is 0 Å². The maximum absolute atomic E-state index is 6.36. The molecule has 0 saturated heterocycles. The highest BCUT2D eigenvalue weighted by Gasteiger charge is 2.33. The molecule has 15 heavy (non-hydrogen) atoms. The van der Waals surface area contributed by atoms with Gasteiger partial charge < -0.3 is 5.73 Å². The molecule has 0 aromatic rings. The number of nitrogens with zero attached hydrogens (tertiary/aromatic N) is 1. The highest BCUT2D eigenvalue weighted by molar-refractivity contribution is 4.93. The van der Waals surface area contributed by atoms with E-state index in [1.165, 1.54) is 12.8 Å². The fraction of sp³-hybridized carbons (Fsp3) is 1.00. The molecule has 0 amide bonds. The molecule has 0 aromatic carbocycles. The second kappa shape index (κ2) is 7.24. The van der Waals surface area contributed by atoms with Gasteiger partial charge >= 0.3 is 0 Å². The molecule has 0 aliphatic heterocycles. The van der Waals surface area contributed by atoms with Crippen LogP contribution in [-0.2, 0) is 0 Å². The van der Waals surface area contributed by atoms with Crippen molar-refractivity contribution in [3.8, 4) is 0 Å². The van der Waals surface area contributed by atoms with Crippen molar-refractivity contribution in [2.45, 2.75) is 71.9 Å². The summed E-state index contributed by atoms with van der Waals surface area (Å²) in [6, 6.07) is 0.308. The molecule has 0 spiro atoms. The summed E-state index contributed by atoms with van der Waals surface area (Å²) in [5.74, 6) is 0. The summed E-state index contributed by atoms with van der Waals surface area (Å²) in [5, 5.41) is 0. The van der Waals surface area contributed by atoms with E-state index in [1.807, 2.05) is 0 Å². The zero-order chi connectivity index (χ0) is 11.9. The zero-order valence-electron chi connectivity index (χ0n) is 11.3. The van der Waals surface area contributed by atoms with E-state index < -0.39 is 0 Å². The monoisotopic (exact) mass is 214 g/mol. The Bertz CT molecular complexity index is 155. The van der Waals surface area contributed by atoms with E-state index in [-0.39, 0.29) is 5.54 Å². The fourth-order valence-corrected chi connectivity index (χ4v) is 2.40. The molecule has 0 rings (SSSR count). The van der Waals surface area contributed by atoms with Crippen LogP contribution >= 0.6 is 0 Å². The van der Waals surface area contributed by atoms with Gasteiger partial charge in [-0.25, -0.2) is 0 Å². The first-order chi connectivity index (χ1) is 7.06. The second-order valence-corrected chi connectivity index (χ2v) is 4.63. The normalized spacial score (nSPS) is 17.8. The molecule has 2 nitrogen and oxygen atoms in total. The smallest absolute Gasteiger partial charge is 0.0329 e. The maximum Gasteiger partial charge on any atom is 0.0329 e. The molecule has 0 saturated carbocycles. The van der Waals surface area contributed by atoms with Crippen LogP contribution in [0, 0.1) is 0 Å². The van der Waals surface area contributed by atoms with Crippen LogP contribution in [0.1, 0.15) is 60.3 Å². The van der Waals surface area contributed by atoms with Crippen molar-refractivity contribution < 1.29 is 0 Å². The largest absolute Gasteiger partial charge is 0.326 e. The molecule has 92 valence electrons. The fourth-order valence-electron chi connectivity index (χ4n) is 2.40. The van der Waals surface area contributed by atoms with Crippen LogP contribution in [0.3, 0.4) is 0 Å². The van der Waals surface area contributed by atoms with Crippen LogP contribution in [0.15, 0.2) is 0 Å². The van der Waals surface area contributed by atoms with Crippen LogP contribution in [0.5, 0.6) is 0 Å². The van der Waals surface area contributed by atoms with Crippen LogP contribution in [0.4, 0.5) is 0 Å². The van der Waals surface area contributed by atoms with Crippen molar-refractivity contribution in [2.24, 2.45) is 5.73 Å². The first-order valence-electron chi connectivity index (χ1n) is 6.57. The Morgan fingerprint density at radius 1 is 1.13 bits per heavy atom. The highest BCUT2D eigenvalue weighted by Crippen LogP contribution is 2.25. The molecule has 0 aliphatic rings. The predicted octanol–water partition coefficient (Wildman–Crippen LogP) is 3.01. The SMILES string of the molecule is CCCCC(N)C(C)(CC)N(CC)CC. The minimum absolute atomic E-state index is 0.179. The van der Waals surface area contributed by atoms with E-state index in [2.05, 4.69) is 39.5 Å². The summed E-state index contributed by atoms with van der Waals surface area (Å²) in [6.07, 6.45) is 4.78. The molecule has 2 unspecified atom stereocenters. The van der Waals surface area contributed by atoms with E-state index in [0.717, 1.165) is 25.9 Å². The van der Waals surface area contributed by atoms with Crippen molar-refractivity contribution in [3.63, 3.8) is 0 Å². The van der Waals surface area contributed by atoms with Crippen molar-refractivity contribution in [1.82, 2.24) is 4.90 Å². The van der Waals surface area contributed by atoms with E-state index in [9.17, 15) is 0 Å². The van der Waals surface area contributed by atoms with Gasteiger partial charge in [-0.3, -0.25) is 4.90 Å². The van der Waals surface area contributed by atoms with Crippen molar-refractivity contribution >= 4 is 0 Å². The number of hydrogen-bond donors (Lipinski definition) is 1. The van der Waals surface area contributed by atoms with Gasteiger partial charge in [0.25, 0.3) is 0 Å². The Balaban J connectivity index is 4.50. The third-order valence-electron chi connectivity index (χ3n) is 3.87. The molecule has 0 aliphatic carbocycles. The van der Waals surface area contributed by atoms with Crippen molar-refractivity contribution in [1.29, 1.82) is 0 Å². The summed E-state index contributed by atoms with van der Waals surface area (Å²) in [7, 11) is 0. The standard InChI is InChI=1S/C13H30N2/c1-6-10-11-12(14)13(5,7-2)15(8-3)9-4/h12H,6-11,14H2,1-5H3. The topological polar surface area (TPSA) is 29.3 Å². The lowest BCUT2D eigenvalue weighted by Gasteiger charge is -2.44. The molecule has 0 aromatic heterocycles. The summed E-state index contributed by atoms with van der Waals surface area (Å²) >= 11 is 0. The Morgan fingerprint density at radius 3 is 2.00 bits per heavy atom. The lowest BCUT2D eigenvalue weighted by atomic mass is 9.85. The van der Waals surface area contributed by atoms with Gasteiger partial charge in [-0.05, 0) is 32.9 Å². The summed E-state index contributed by atoms with van der Waals surface area (Å²) in [5.41, 5.74) is 6.54. The van der Waals surface area contributed by atoms with Gasteiger partial charge in [0.15, 0.2) is 0 Å². The lowest BCUT2D eigenvalue weighted by molar-refractivity contribution is 0.0806. The van der Waals surface area contributed by atoms with Gasteiger partial charge in [-0.1, -0.05) is 40.5 Å². The Hall–Kier alpha value is -0.0800. The number of rotatable bonds is 8. The number of nitrogens with two attached hydrogens (primary N) is 1. The second-order valence-electron chi connectivity index (χ2n) is 4.63. The quantitative estimate of drug-likeness (QED) is 0.673. The van der Waals surface area contributed by atoms with Gasteiger partial charge in [0.05, 0.1) is 0 Å². The van der Waals surface area contributed by atoms with E-state index in [0.29, 0.717) is 6.04 Å². The maximum atomic E-state index is 6.36. The van der Waals surface area contributed by atoms with E-state index in [1.54, 1.807) is 0 Å². The molecule has 2 N–H and O–H groups in total. The minimum atomic E-state index is 0.179. The summed E-state index contributed by atoms with van der Waals surface area (Å²) < 4.78 is 0. The highest BCUT2D eigenvalue weighted by atomic mass is 15.2. The van der Waals surface area contributed by atoms with E-state index in [4.69, 9.17) is 5.73 Å². The van der Waals surface area contributed by atoms with Crippen molar-refractivity contribution in [3.05, 3.63) is 0 Å². The van der Waals surface area contributed by atoms with Gasteiger partial charge in [-0.15, -0.1) is 0 Å². The first kappa shape index (κ1) is 14.9. The van der Waals surface area contributed by atoms with Crippen LogP contribution < -0.4 is 5.73 Å². The molecule has 0 bridgehead atoms. The van der Waals surface area contributed by atoms with Crippen LogP contribution in [-0.4, -0.2) is 29.6 Å². The number of likely N-dealkylation sites (N-methyl/N-ethyl adjacent to an activating group) is 1. The minimum Gasteiger partial charge on any atom is -0.326 e. The molecule has 0 radical (unpaired) electrons. The average Bonchev–Trinajstić information content (AvgIpc) is 2.26. The average molecular weight is 214 g/mol. The number of hydrogen-bond acceptors (Lipinski definition) is 2. The molecule has 0 heterocycles.